The molecule has 4 atom stereocenters. The van der Waals surface area contributed by atoms with Crippen LogP contribution in [0.3, 0.4) is 0 Å². The third-order valence-electron chi connectivity index (χ3n) is 3.11. The molecule has 0 radical (unpaired) electrons. The van der Waals surface area contributed by atoms with Gasteiger partial charge < -0.3 is 58.5 Å². The Labute approximate surface area is 191 Å². The fourth-order valence-electron chi connectivity index (χ4n) is 1.63. The Kier molecular flexibility index (Phi) is 13.7. The van der Waals surface area contributed by atoms with E-state index in [1.165, 1.54) is 0 Å². The van der Waals surface area contributed by atoms with Crippen molar-refractivity contribution >= 4 is 30.4 Å². The monoisotopic (exact) mass is 482 g/mol. The Morgan fingerprint density at radius 3 is 0.923 bits per heavy atom. The minimum absolute atomic E-state index is 0. The topological polar surface area (TPSA) is 276 Å². The molecule has 146 valence electrons. The summed E-state index contributed by atoms with van der Waals surface area (Å²) in [6, 6.07) is 0. The van der Waals surface area contributed by atoms with Crippen LogP contribution in [0.2, 0.25) is 0 Å². The van der Waals surface area contributed by atoms with Crippen LogP contribution in [-0.2, 0) is 18.3 Å². The molecule has 0 spiro atoms. The Morgan fingerprint density at radius 1 is 0.615 bits per heavy atom. The summed E-state index contributed by atoms with van der Waals surface area (Å²) in [5, 5.41) is 11.1. The summed E-state index contributed by atoms with van der Waals surface area (Å²) < 4.78 is 43.9. The average Bonchev–Trinajstić information content (AvgIpc) is 2.28. The second-order valence-electron chi connectivity index (χ2n) is 4.88. The first-order chi connectivity index (χ1) is 10.2. The van der Waals surface area contributed by atoms with E-state index in [1.807, 2.05) is 0 Å². The van der Waals surface area contributed by atoms with E-state index in [9.17, 15) is 38.3 Å². The van der Waals surface area contributed by atoms with Crippen molar-refractivity contribution in [2.24, 2.45) is 0 Å². The number of aliphatic hydroxyl groups is 2. The summed E-state index contributed by atoms with van der Waals surface area (Å²) in [6.07, 6.45) is -4.31. The van der Waals surface area contributed by atoms with Crippen molar-refractivity contribution in [1.29, 1.82) is 0 Å². The van der Waals surface area contributed by atoms with Crippen LogP contribution in [0, 0.1) is 0 Å². The number of hydrogen-bond acceptors (Lipinski definition) is 8. The maximum absolute atomic E-state index is 11.0. The SMILES string of the molecule is O=P([O-])(O)C(O)(CCCCC(O)(P(=O)([O-])O)P(=O)(O)O)P(=O)(O)O.[Na+].[Na+]. The average molecular weight is 482 g/mol. The minimum atomic E-state index is -5.99. The largest absolute Gasteiger partial charge is 1.00 e. The molecule has 14 nitrogen and oxygen atoms in total. The van der Waals surface area contributed by atoms with Crippen LogP contribution in [0.4, 0.5) is 0 Å². The Bertz CT molecular complexity index is 542. The Hall–Kier alpha value is 2.52. The zero-order valence-electron chi connectivity index (χ0n) is 13.6. The van der Waals surface area contributed by atoms with Gasteiger partial charge in [-0.3, -0.25) is 9.13 Å². The molecule has 20 heteroatoms. The van der Waals surface area contributed by atoms with Crippen LogP contribution in [0.15, 0.2) is 0 Å². The molecule has 0 bridgehead atoms. The maximum Gasteiger partial charge on any atom is 1.00 e. The zero-order chi connectivity index (χ0) is 19.8. The van der Waals surface area contributed by atoms with Gasteiger partial charge in [-0.05, 0) is 25.7 Å². The fraction of sp³-hybridized carbons (Fsp3) is 1.00. The van der Waals surface area contributed by atoms with E-state index >= 15 is 0 Å². The van der Waals surface area contributed by atoms with E-state index < -0.39 is 66.2 Å². The van der Waals surface area contributed by atoms with E-state index in [0.717, 1.165) is 0 Å². The Balaban J connectivity index is -0.00000264. The molecule has 0 aromatic heterocycles. The summed E-state index contributed by atoms with van der Waals surface area (Å²) in [5.41, 5.74) is 0. The van der Waals surface area contributed by atoms with Crippen molar-refractivity contribution in [3.63, 3.8) is 0 Å². The van der Waals surface area contributed by atoms with Gasteiger partial charge >= 0.3 is 74.3 Å². The van der Waals surface area contributed by atoms with Crippen LogP contribution < -0.4 is 68.9 Å². The third-order valence-corrected chi connectivity index (χ3v) is 10.8. The summed E-state index contributed by atoms with van der Waals surface area (Å²) in [7, 11) is -23.6. The first-order valence-electron chi connectivity index (χ1n) is 5.84. The van der Waals surface area contributed by atoms with Crippen LogP contribution in [-0.4, -0.2) is 49.7 Å². The fourth-order valence-corrected chi connectivity index (χ4v) is 6.04. The maximum atomic E-state index is 11.0. The molecule has 0 aliphatic carbocycles. The molecule has 4 unspecified atom stereocenters. The van der Waals surface area contributed by atoms with Crippen molar-refractivity contribution in [2.45, 2.75) is 35.8 Å². The number of rotatable bonds is 9. The van der Waals surface area contributed by atoms with Gasteiger partial charge in [0.15, 0.2) is 15.2 Å². The van der Waals surface area contributed by atoms with Gasteiger partial charge in [0.05, 0.1) is 0 Å². The molecule has 26 heavy (non-hydrogen) atoms. The van der Waals surface area contributed by atoms with Crippen LogP contribution in [0.5, 0.6) is 0 Å². The molecule has 0 fully saturated rings. The molecule has 0 heterocycles. The number of unbranched alkanes of at least 4 members (excludes halogenated alkanes) is 1. The van der Waals surface area contributed by atoms with Gasteiger partial charge in [0, 0.05) is 0 Å². The van der Waals surface area contributed by atoms with Crippen molar-refractivity contribution < 1.29 is 127 Å². The predicted octanol–water partition coefficient (Wildman–Crippen LogP) is -8.71. The summed E-state index contributed by atoms with van der Waals surface area (Å²) in [5.74, 6) is 0. The summed E-state index contributed by atoms with van der Waals surface area (Å²) in [6.45, 7) is 0. The first-order valence-corrected chi connectivity index (χ1v) is 12.2. The second kappa shape index (κ2) is 10.7. The molecule has 0 aromatic rings. The third kappa shape index (κ3) is 7.65. The second-order valence-corrected chi connectivity index (χ2v) is 12.8. The van der Waals surface area contributed by atoms with E-state index in [-0.39, 0.29) is 59.1 Å². The standard InChI is InChI=1S/C6H18O14P4.2Na/c7-5(21(9,10)11,22(12,13)14)3-1-2-4-6(8,23(15,16)17)24(18,19)20;;/h7-8H,1-4H2,(H2,9,10,11)(H2,12,13,14)(H2,15,16,17)(H2,18,19,20);;/q;2*+1/p-2. The molecular weight excluding hydrogens is 466 g/mol. The molecule has 0 saturated carbocycles. The normalized spacial score (nSPS) is 21.8. The molecule has 0 aliphatic rings. The smallest absolute Gasteiger partial charge is 0.776 e. The molecule has 8 N–H and O–H groups in total. The van der Waals surface area contributed by atoms with Crippen molar-refractivity contribution in [1.82, 2.24) is 0 Å². The minimum Gasteiger partial charge on any atom is -0.776 e. The van der Waals surface area contributed by atoms with Gasteiger partial charge in [-0.2, -0.15) is 0 Å². The molecule has 0 amide bonds. The molecular formula is C6H16Na2O14P4. The summed E-state index contributed by atoms with van der Waals surface area (Å²) >= 11 is 0. The molecule has 0 saturated heterocycles. The molecule has 0 rings (SSSR count). The van der Waals surface area contributed by atoms with Crippen molar-refractivity contribution in [3.8, 4) is 0 Å². The van der Waals surface area contributed by atoms with E-state index in [0.29, 0.717) is 0 Å². The van der Waals surface area contributed by atoms with Gasteiger partial charge in [-0.1, -0.05) is 0 Å². The zero-order valence-corrected chi connectivity index (χ0v) is 21.2. The van der Waals surface area contributed by atoms with Crippen LogP contribution in [0.25, 0.3) is 0 Å². The van der Waals surface area contributed by atoms with E-state index in [4.69, 9.17) is 29.4 Å². The van der Waals surface area contributed by atoms with Crippen molar-refractivity contribution in [3.05, 3.63) is 0 Å². The molecule has 0 aromatic carbocycles. The van der Waals surface area contributed by atoms with Crippen LogP contribution in [0.1, 0.15) is 25.7 Å². The van der Waals surface area contributed by atoms with Crippen molar-refractivity contribution in [2.75, 3.05) is 0 Å². The summed E-state index contributed by atoms with van der Waals surface area (Å²) in [4.78, 5) is 74.6. The van der Waals surface area contributed by atoms with E-state index in [1.54, 1.807) is 0 Å². The van der Waals surface area contributed by atoms with Gasteiger partial charge in [0.25, 0.3) is 0 Å². The van der Waals surface area contributed by atoms with Crippen LogP contribution >= 0.6 is 30.4 Å². The van der Waals surface area contributed by atoms with Gasteiger partial charge in [-0.15, -0.1) is 0 Å². The van der Waals surface area contributed by atoms with Gasteiger partial charge in [-0.25, -0.2) is 0 Å². The number of hydrogen-bond donors (Lipinski definition) is 8. The quantitative estimate of drug-likeness (QED) is 0.0861. The van der Waals surface area contributed by atoms with Gasteiger partial charge in [0.1, 0.15) is 0 Å². The van der Waals surface area contributed by atoms with E-state index in [2.05, 4.69) is 0 Å². The predicted molar refractivity (Wildman–Crippen MR) is 72.1 cm³/mol. The molecule has 0 aliphatic heterocycles. The van der Waals surface area contributed by atoms with Gasteiger partial charge in [0.2, 0.25) is 10.2 Å². The Morgan fingerprint density at radius 2 is 0.808 bits per heavy atom. The first kappa shape index (κ1) is 33.2.